The zero-order valence-corrected chi connectivity index (χ0v) is 11.5. The van der Waals surface area contributed by atoms with Gasteiger partial charge in [-0.25, -0.2) is 4.52 Å². The Labute approximate surface area is 118 Å². The van der Waals surface area contributed by atoms with E-state index >= 15 is 0 Å². The summed E-state index contributed by atoms with van der Waals surface area (Å²) in [5.74, 6) is 0. The predicted molar refractivity (Wildman–Crippen MR) is 79.4 cm³/mol. The van der Waals surface area contributed by atoms with Gasteiger partial charge in [0.2, 0.25) is 0 Å². The average Bonchev–Trinajstić information content (AvgIpc) is 2.92. The lowest BCUT2D eigenvalue weighted by molar-refractivity contribution is 0.711. The van der Waals surface area contributed by atoms with Crippen LogP contribution in [0.4, 0.5) is 0 Å². The summed E-state index contributed by atoms with van der Waals surface area (Å²) in [5.41, 5.74) is 10.7. The SMILES string of the molecule is CCc1ccc(CC(N)c2cnn3ccccc23)nc1. The van der Waals surface area contributed by atoms with Crippen LogP contribution in [0.1, 0.15) is 29.8 Å². The van der Waals surface area contributed by atoms with Gasteiger partial charge >= 0.3 is 0 Å². The minimum absolute atomic E-state index is 0.0881. The molecule has 0 amide bonds. The Morgan fingerprint density at radius 3 is 2.85 bits per heavy atom. The van der Waals surface area contributed by atoms with Crippen molar-refractivity contribution in [3.8, 4) is 0 Å². The van der Waals surface area contributed by atoms with Gasteiger partial charge in [-0.3, -0.25) is 4.98 Å². The summed E-state index contributed by atoms with van der Waals surface area (Å²) in [6.07, 6.45) is 7.44. The molecule has 2 N–H and O–H groups in total. The Morgan fingerprint density at radius 2 is 2.10 bits per heavy atom. The molecule has 0 aliphatic rings. The highest BCUT2D eigenvalue weighted by Gasteiger charge is 2.13. The molecule has 0 fully saturated rings. The molecule has 0 radical (unpaired) electrons. The summed E-state index contributed by atoms with van der Waals surface area (Å²) in [5, 5.41) is 4.32. The van der Waals surface area contributed by atoms with Gasteiger partial charge in [-0.1, -0.05) is 19.1 Å². The molecular formula is C16H18N4. The molecule has 3 aromatic heterocycles. The number of rotatable bonds is 4. The first-order valence-electron chi connectivity index (χ1n) is 6.89. The van der Waals surface area contributed by atoms with E-state index in [4.69, 9.17) is 5.73 Å². The molecule has 1 atom stereocenters. The van der Waals surface area contributed by atoms with Gasteiger partial charge in [0.15, 0.2) is 0 Å². The number of aromatic nitrogens is 3. The first-order valence-corrected chi connectivity index (χ1v) is 6.89. The second kappa shape index (κ2) is 5.43. The molecule has 0 aliphatic carbocycles. The number of aryl methyl sites for hydroxylation is 1. The van der Waals surface area contributed by atoms with Crippen LogP contribution in [0.2, 0.25) is 0 Å². The fourth-order valence-corrected chi connectivity index (χ4v) is 2.36. The van der Waals surface area contributed by atoms with Crippen LogP contribution in [0.5, 0.6) is 0 Å². The third-order valence-corrected chi connectivity index (χ3v) is 3.58. The van der Waals surface area contributed by atoms with Crippen molar-refractivity contribution >= 4 is 5.52 Å². The fourth-order valence-electron chi connectivity index (χ4n) is 2.36. The molecule has 0 saturated carbocycles. The molecule has 0 spiro atoms. The van der Waals surface area contributed by atoms with Crippen molar-refractivity contribution in [2.24, 2.45) is 5.73 Å². The van der Waals surface area contributed by atoms with Crippen LogP contribution in [-0.2, 0) is 12.8 Å². The molecule has 1 unspecified atom stereocenters. The highest BCUT2D eigenvalue weighted by molar-refractivity contribution is 5.54. The standard InChI is InChI=1S/C16H18N4/c1-2-12-6-7-13(18-10-12)9-15(17)14-11-19-20-8-4-3-5-16(14)20/h3-8,10-11,15H,2,9,17H2,1H3. The van der Waals surface area contributed by atoms with Crippen molar-refractivity contribution in [3.05, 3.63) is 65.7 Å². The molecule has 3 heterocycles. The third kappa shape index (κ3) is 2.42. The van der Waals surface area contributed by atoms with E-state index in [-0.39, 0.29) is 6.04 Å². The molecule has 0 aromatic carbocycles. The van der Waals surface area contributed by atoms with Gasteiger partial charge in [0, 0.05) is 36.1 Å². The summed E-state index contributed by atoms with van der Waals surface area (Å²) in [6.45, 7) is 2.13. The lowest BCUT2D eigenvalue weighted by Crippen LogP contribution is -2.14. The molecule has 0 saturated heterocycles. The van der Waals surface area contributed by atoms with Crippen molar-refractivity contribution in [2.45, 2.75) is 25.8 Å². The van der Waals surface area contributed by atoms with Gasteiger partial charge in [0.05, 0.1) is 11.7 Å². The largest absolute Gasteiger partial charge is 0.324 e. The molecule has 0 aliphatic heterocycles. The van der Waals surface area contributed by atoms with E-state index in [0.717, 1.165) is 29.6 Å². The molecular weight excluding hydrogens is 248 g/mol. The summed E-state index contributed by atoms with van der Waals surface area (Å²) in [6, 6.07) is 10.1. The Balaban J connectivity index is 1.83. The average molecular weight is 266 g/mol. The Hall–Kier alpha value is -2.20. The first kappa shape index (κ1) is 12.8. The van der Waals surface area contributed by atoms with Crippen molar-refractivity contribution in [1.82, 2.24) is 14.6 Å². The van der Waals surface area contributed by atoms with Crippen LogP contribution >= 0.6 is 0 Å². The van der Waals surface area contributed by atoms with E-state index in [1.807, 2.05) is 41.3 Å². The normalized spacial score (nSPS) is 12.7. The van der Waals surface area contributed by atoms with Gasteiger partial charge in [0.25, 0.3) is 0 Å². The monoisotopic (exact) mass is 266 g/mol. The third-order valence-electron chi connectivity index (χ3n) is 3.58. The lowest BCUT2D eigenvalue weighted by atomic mass is 10.0. The summed E-state index contributed by atoms with van der Waals surface area (Å²) >= 11 is 0. The van der Waals surface area contributed by atoms with E-state index < -0.39 is 0 Å². The lowest BCUT2D eigenvalue weighted by Gasteiger charge is -2.10. The Kier molecular flexibility index (Phi) is 3.48. The van der Waals surface area contributed by atoms with Crippen molar-refractivity contribution < 1.29 is 0 Å². The molecule has 0 bridgehead atoms. The minimum Gasteiger partial charge on any atom is -0.324 e. The maximum Gasteiger partial charge on any atom is 0.0709 e. The number of fused-ring (bicyclic) bond motifs is 1. The maximum atomic E-state index is 6.31. The number of hydrogen-bond donors (Lipinski definition) is 1. The number of pyridine rings is 2. The Bertz CT molecular complexity index is 700. The second-order valence-electron chi connectivity index (χ2n) is 4.95. The molecule has 3 aromatic rings. The predicted octanol–water partition coefficient (Wildman–Crippen LogP) is 2.53. The number of nitrogens with two attached hydrogens (primary N) is 1. The summed E-state index contributed by atoms with van der Waals surface area (Å²) in [7, 11) is 0. The van der Waals surface area contributed by atoms with Gasteiger partial charge < -0.3 is 5.73 Å². The van der Waals surface area contributed by atoms with Gasteiger partial charge in [-0.2, -0.15) is 5.10 Å². The van der Waals surface area contributed by atoms with E-state index in [1.165, 1.54) is 5.56 Å². The zero-order chi connectivity index (χ0) is 13.9. The van der Waals surface area contributed by atoms with Crippen molar-refractivity contribution in [2.75, 3.05) is 0 Å². The van der Waals surface area contributed by atoms with E-state index in [9.17, 15) is 0 Å². The molecule has 102 valence electrons. The van der Waals surface area contributed by atoms with Crippen LogP contribution in [0.3, 0.4) is 0 Å². The highest BCUT2D eigenvalue weighted by Crippen LogP contribution is 2.20. The summed E-state index contributed by atoms with van der Waals surface area (Å²) < 4.78 is 1.85. The Morgan fingerprint density at radius 1 is 1.20 bits per heavy atom. The van der Waals surface area contributed by atoms with Gasteiger partial charge in [-0.15, -0.1) is 0 Å². The topological polar surface area (TPSA) is 56.2 Å². The van der Waals surface area contributed by atoms with E-state index in [2.05, 4.69) is 29.1 Å². The van der Waals surface area contributed by atoms with Crippen LogP contribution in [0.15, 0.2) is 48.9 Å². The van der Waals surface area contributed by atoms with Gasteiger partial charge in [-0.05, 0) is 30.2 Å². The van der Waals surface area contributed by atoms with Crippen molar-refractivity contribution in [1.29, 1.82) is 0 Å². The van der Waals surface area contributed by atoms with Crippen LogP contribution in [0.25, 0.3) is 5.52 Å². The molecule has 3 rings (SSSR count). The quantitative estimate of drug-likeness (QED) is 0.789. The van der Waals surface area contributed by atoms with Crippen LogP contribution < -0.4 is 5.73 Å². The van der Waals surface area contributed by atoms with Crippen molar-refractivity contribution in [3.63, 3.8) is 0 Å². The molecule has 4 nitrogen and oxygen atoms in total. The van der Waals surface area contributed by atoms with E-state index in [1.54, 1.807) is 0 Å². The first-order chi connectivity index (χ1) is 9.78. The highest BCUT2D eigenvalue weighted by atomic mass is 15.2. The van der Waals surface area contributed by atoms with Gasteiger partial charge in [0.1, 0.15) is 0 Å². The number of nitrogens with zero attached hydrogens (tertiary/aromatic N) is 3. The van der Waals surface area contributed by atoms with E-state index in [0.29, 0.717) is 0 Å². The molecule has 20 heavy (non-hydrogen) atoms. The van der Waals surface area contributed by atoms with Crippen LogP contribution in [-0.4, -0.2) is 14.6 Å². The second-order valence-corrected chi connectivity index (χ2v) is 4.95. The smallest absolute Gasteiger partial charge is 0.0709 e. The minimum atomic E-state index is -0.0881. The van der Waals surface area contributed by atoms with Crippen LogP contribution in [0, 0.1) is 0 Å². The summed E-state index contributed by atoms with van der Waals surface area (Å²) in [4.78, 5) is 4.47. The maximum absolute atomic E-state index is 6.31. The number of hydrogen-bond acceptors (Lipinski definition) is 3. The fraction of sp³-hybridized carbons (Fsp3) is 0.250. The zero-order valence-electron chi connectivity index (χ0n) is 11.5. The molecule has 4 heteroatoms.